The lowest BCUT2D eigenvalue weighted by Gasteiger charge is -2.04. The van der Waals surface area contributed by atoms with E-state index in [2.05, 4.69) is 4.74 Å². The van der Waals surface area contributed by atoms with Crippen molar-refractivity contribution in [1.82, 2.24) is 4.57 Å². The first-order chi connectivity index (χ1) is 9.66. The van der Waals surface area contributed by atoms with Gasteiger partial charge in [0.2, 0.25) is 0 Å². The Kier molecular flexibility index (Phi) is 3.46. The van der Waals surface area contributed by atoms with Gasteiger partial charge in [0.25, 0.3) is 5.69 Å². The molecule has 0 N–H and O–H groups in total. The van der Waals surface area contributed by atoms with Crippen molar-refractivity contribution in [2.75, 3.05) is 13.4 Å². The van der Waals surface area contributed by atoms with Crippen molar-refractivity contribution in [3.05, 3.63) is 34.0 Å². The number of benzene rings is 1. The number of aryl methyl sites for hydroxylation is 1. The summed E-state index contributed by atoms with van der Waals surface area (Å²) in [5.41, 5.74) is -0.125. The summed E-state index contributed by atoms with van der Waals surface area (Å²) < 4.78 is 29.1. The van der Waals surface area contributed by atoms with Gasteiger partial charge in [-0.1, -0.05) is 0 Å². The molecule has 9 heteroatoms. The molecule has 0 aliphatic heterocycles. The summed E-state index contributed by atoms with van der Waals surface area (Å²) >= 11 is 0. The third-order valence-corrected chi connectivity index (χ3v) is 4.19. The number of rotatable bonds is 3. The van der Waals surface area contributed by atoms with Crippen LogP contribution < -0.4 is 0 Å². The Hall–Kier alpha value is -2.42. The van der Waals surface area contributed by atoms with Gasteiger partial charge < -0.3 is 9.30 Å². The third-order valence-electron chi connectivity index (χ3n) is 3.10. The molecule has 0 saturated carbocycles. The molecular weight excluding hydrogens is 300 g/mol. The van der Waals surface area contributed by atoms with Crippen molar-refractivity contribution >= 4 is 32.4 Å². The maximum absolute atomic E-state index is 11.6. The number of sulfone groups is 1. The molecule has 112 valence electrons. The average Bonchev–Trinajstić information content (AvgIpc) is 2.73. The van der Waals surface area contributed by atoms with Gasteiger partial charge in [-0.25, -0.2) is 13.2 Å². The Morgan fingerprint density at radius 3 is 2.43 bits per heavy atom. The Labute approximate surface area is 120 Å². The van der Waals surface area contributed by atoms with Gasteiger partial charge in [0.1, 0.15) is 11.2 Å². The lowest BCUT2D eigenvalue weighted by atomic mass is 10.2. The number of nitrogens with zero attached hydrogens (tertiary/aromatic N) is 2. The van der Waals surface area contributed by atoms with E-state index in [1.807, 2.05) is 0 Å². The summed E-state index contributed by atoms with van der Waals surface area (Å²) in [6.45, 7) is 0. The zero-order valence-electron chi connectivity index (χ0n) is 11.5. The highest BCUT2D eigenvalue weighted by Crippen LogP contribution is 2.31. The van der Waals surface area contributed by atoms with Crippen molar-refractivity contribution in [2.24, 2.45) is 7.05 Å². The van der Waals surface area contributed by atoms with E-state index in [-0.39, 0.29) is 27.2 Å². The predicted molar refractivity (Wildman–Crippen MR) is 74.0 cm³/mol. The number of nitro benzene ring substituents is 1. The van der Waals surface area contributed by atoms with Crippen LogP contribution >= 0.6 is 0 Å². The van der Waals surface area contributed by atoms with Crippen LogP contribution in [0.1, 0.15) is 10.5 Å². The van der Waals surface area contributed by atoms with Crippen LogP contribution in [-0.2, 0) is 21.6 Å². The normalized spacial score (nSPS) is 11.6. The molecule has 1 aromatic heterocycles. The van der Waals surface area contributed by atoms with E-state index in [4.69, 9.17) is 0 Å². The number of methoxy groups -OCH3 is 1. The number of carbonyl (C=O) groups excluding carboxylic acids is 1. The fraction of sp³-hybridized carbons (Fsp3) is 0.250. The lowest BCUT2D eigenvalue weighted by molar-refractivity contribution is -0.383. The van der Waals surface area contributed by atoms with Gasteiger partial charge in [-0.15, -0.1) is 0 Å². The summed E-state index contributed by atoms with van der Waals surface area (Å²) in [7, 11) is -0.945. The molecule has 1 aromatic carbocycles. The fourth-order valence-corrected chi connectivity index (χ4v) is 2.77. The van der Waals surface area contributed by atoms with Crippen molar-refractivity contribution < 1.29 is 22.9 Å². The van der Waals surface area contributed by atoms with E-state index in [1.165, 1.54) is 30.9 Å². The SMILES string of the molecule is COC(=O)c1cc2cc(S(C)(=O)=O)cc([N+](=O)[O-])c2n1C. The van der Waals surface area contributed by atoms with Crippen molar-refractivity contribution in [3.63, 3.8) is 0 Å². The van der Waals surface area contributed by atoms with Crippen LogP contribution in [-0.4, -0.2) is 37.2 Å². The highest BCUT2D eigenvalue weighted by atomic mass is 32.2. The first-order valence-electron chi connectivity index (χ1n) is 5.73. The molecule has 21 heavy (non-hydrogen) atoms. The topological polar surface area (TPSA) is 109 Å². The molecule has 1 heterocycles. The van der Waals surface area contributed by atoms with Crippen LogP contribution in [0.3, 0.4) is 0 Å². The van der Waals surface area contributed by atoms with Gasteiger partial charge in [0.05, 0.1) is 16.9 Å². The maximum Gasteiger partial charge on any atom is 0.354 e. The van der Waals surface area contributed by atoms with Crippen LogP contribution in [0.15, 0.2) is 23.1 Å². The van der Waals surface area contributed by atoms with Gasteiger partial charge in [-0.2, -0.15) is 0 Å². The summed E-state index contributed by atoms with van der Waals surface area (Å²) in [4.78, 5) is 22.0. The number of hydrogen-bond donors (Lipinski definition) is 0. The van der Waals surface area contributed by atoms with Crippen molar-refractivity contribution in [3.8, 4) is 0 Å². The molecule has 0 radical (unpaired) electrons. The number of non-ortho nitro benzene ring substituents is 1. The summed E-state index contributed by atoms with van der Waals surface area (Å²) in [5, 5.41) is 11.5. The van der Waals surface area contributed by atoms with Crippen LogP contribution in [0.25, 0.3) is 10.9 Å². The number of fused-ring (bicyclic) bond motifs is 1. The Morgan fingerprint density at radius 2 is 1.95 bits per heavy atom. The summed E-state index contributed by atoms with van der Waals surface area (Å²) in [6.07, 6.45) is 0.960. The molecule has 8 nitrogen and oxygen atoms in total. The number of aromatic nitrogens is 1. The highest BCUT2D eigenvalue weighted by Gasteiger charge is 2.24. The van der Waals surface area contributed by atoms with Crippen LogP contribution in [0.5, 0.6) is 0 Å². The van der Waals surface area contributed by atoms with Crippen molar-refractivity contribution in [1.29, 1.82) is 0 Å². The van der Waals surface area contributed by atoms with Crippen LogP contribution in [0.4, 0.5) is 5.69 Å². The van der Waals surface area contributed by atoms with Gasteiger partial charge >= 0.3 is 5.97 Å². The molecule has 0 bridgehead atoms. The number of ether oxygens (including phenoxy) is 1. The molecule has 0 unspecified atom stereocenters. The monoisotopic (exact) mass is 312 g/mol. The second-order valence-corrected chi connectivity index (χ2v) is 6.51. The van der Waals surface area contributed by atoms with Gasteiger partial charge in [0, 0.05) is 24.8 Å². The van der Waals surface area contributed by atoms with Crippen LogP contribution in [0, 0.1) is 10.1 Å². The van der Waals surface area contributed by atoms with Crippen molar-refractivity contribution in [2.45, 2.75) is 4.90 Å². The number of nitro groups is 1. The molecule has 0 saturated heterocycles. The van der Waals surface area contributed by atoms with E-state index >= 15 is 0 Å². The molecule has 0 aliphatic carbocycles. The summed E-state index contributed by atoms with van der Waals surface area (Å²) in [5.74, 6) is -0.663. The molecule has 2 aromatic rings. The standard InChI is InChI=1S/C12H12N2O6S/c1-13-10(12(15)20-2)5-7-4-8(21(3,18)19)6-9(11(7)13)14(16)17/h4-6H,1-3H3. The van der Waals surface area contributed by atoms with E-state index in [9.17, 15) is 23.3 Å². The average molecular weight is 312 g/mol. The smallest absolute Gasteiger partial charge is 0.354 e. The zero-order valence-corrected chi connectivity index (χ0v) is 12.3. The zero-order chi connectivity index (χ0) is 15.9. The number of hydrogen-bond acceptors (Lipinski definition) is 6. The molecular formula is C12H12N2O6S. The molecule has 0 atom stereocenters. The lowest BCUT2D eigenvalue weighted by Crippen LogP contribution is -2.07. The minimum atomic E-state index is -3.61. The summed E-state index contributed by atoms with van der Waals surface area (Å²) in [6, 6.07) is 3.64. The van der Waals surface area contributed by atoms with Gasteiger partial charge in [-0.3, -0.25) is 10.1 Å². The Bertz CT molecular complexity index is 865. The molecule has 0 aliphatic rings. The van der Waals surface area contributed by atoms with Gasteiger partial charge in [0.15, 0.2) is 9.84 Å². The minimum absolute atomic E-state index is 0.0984. The third kappa shape index (κ3) is 2.47. The number of esters is 1. The Balaban J connectivity index is 2.92. The van der Waals surface area contributed by atoms with E-state index in [0.717, 1.165) is 12.3 Å². The van der Waals surface area contributed by atoms with E-state index < -0.39 is 20.7 Å². The van der Waals surface area contributed by atoms with Crippen LogP contribution in [0.2, 0.25) is 0 Å². The largest absolute Gasteiger partial charge is 0.464 e. The second kappa shape index (κ2) is 4.85. The van der Waals surface area contributed by atoms with Gasteiger partial charge in [-0.05, 0) is 12.1 Å². The van der Waals surface area contributed by atoms with E-state index in [0.29, 0.717) is 0 Å². The highest BCUT2D eigenvalue weighted by molar-refractivity contribution is 7.90. The molecule has 0 spiro atoms. The first kappa shape index (κ1) is 15.0. The van der Waals surface area contributed by atoms with E-state index in [1.54, 1.807) is 0 Å². The molecule has 2 rings (SSSR count). The second-order valence-electron chi connectivity index (χ2n) is 4.49. The number of carbonyl (C=O) groups is 1. The minimum Gasteiger partial charge on any atom is -0.464 e. The Morgan fingerprint density at radius 1 is 1.33 bits per heavy atom. The first-order valence-corrected chi connectivity index (χ1v) is 7.62. The quantitative estimate of drug-likeness (QED) is 0.480. The maximum atomic E-state index is 11.6. The predicted octanol–water partition coefficient (Wildman–Crippen LogP) is 1.28. The molecule has 0 amide bonds. The fourth-order valence-electron chi connectivity index (χ4n) is 2.11. The molecule has 0 fully saturated rings.